The van der Waals surface area contributed by atoms with Crippen molar-refractivity contribution in [2.24, 2.45) is 0 Å². The van der Waals surface area contributed by atoms with Gasteiger partial charge in [-0.1, -0.05) is 0 Å². The Morgan fingerprint density at radius 1 is 1.53 bits per heavy atom. The molecule has 0 fully saturated rings. The zero-order valence-electron chi connectivity index (χ0n) is 11.0. The number of H-pyrrole nitrogens is 1. The number of aromatic carboxylic acids is 1. The molecule has 2 N–H and O–H groups in total. The summed E-state index contributed by atoms with van der Waals surface area (Å²) in [5.74, 6) is -1.24. The average molecular weight is 266 g/mol. The molecular weight excluding hydrogens is 251 g/mol. The SMILES string of the molecule is COC(C)(C)Cc1nc2c(C(=O)O)cc(F)cc2[nH]1. The molecule has 1 aromatic carbocycles. The minimum absolute atomic E-state index is 0.146. The molecule has 0 aliphatic heterocycles. The molecule has 6 heteroatoms. The largest absolute Gasteiger partial charge is 0.478 e. The molecule has 1 heterocycles. The second-order valence-corrected chi connectivity index (χ2v) is 4.98. The fourth-order valence-corrected chi connectivity index (χ4v) is 1.86. The number of rotatable bonds is 4. The summed E-state index contributed by atoms with van der Waals surface area (Å²) in [6.07, 6.45) is 0.471. The van der Waals surface area contributed by atoms with E-state index >= 15 is 0 Å². The minimum Gasteiger partial charge on any atom is -0.478 e. The normalized spacial score (nSPS) is 12.0. The number of ether oxygens (including phenoxy) is 1. The van der Waals surface area contributed by atoms with Crippen LogP contribution in [0.1, 0.15) is 30.0 Å². The van der Waals surface area contributed by atoms with Crippen LogP contribution in [0.2, 0.25) is 0 Å². The number of fused-ring (bicyclic) bond motifs is 1. The first-order valence-corrected chi connectivity index (χ1v) is 5.79. The van der Waals surface area contributed by atoms with E-state index < -0.39 is 17.4 Å². The van der Waals surface area contributed by atoms with Crippen LogP contribution in [0.25, 0.3) is 11.0 Å². The highest BCUT2D eigenvalue weighted by molar-refractivity contribution is 6.00. The Labute approximate surface area is 109 Å². The Kier molecular flexibility index (Phi) is 3.28. The Balaban J connectivity index is 2.51. The molecule has 0 bridgehead atoms. The lowest BCUT2D eigenvalue weighted by atomic mass is 10.1. The summed E-state index contributed by atoms with van der Waals surface area (Å²) in [5, 5.41) is 9.05. The summed E-state index contributed by atoms with van der Waals surface area (Å²) < 4.78 is 18.6. The fourth-order valence-electron chi connectivity index (χ4n) is 1.86. The number of hydrogen-bond acceptors (Lipinski definition) is 3. The van der Waals surface area contributed by atoms with E-state index in [1.54, 1.807) is 7.11 Å². The van der Waals surface area contributed by atoms with E-state index in [1.807, 2.05) is 13.8 Å². The van der Waals surface area contributed by atoms with Crippen molar-refractivity contribution in [3.63, 3.8) is 0 Å². The number of benzene rings is 1. The molecular formula is C13H15FN2O3. The smallest absolute Gasteiger partial charge is 0.338 e. The molecule has 0 aliphatic carbocycles. The van der Waals surface area contributed by atoms with Gasteiger partial charge in [0, 0.05) is 13.5 Å². The van der Waals surface area contributed by atoms with Gasteiger partial charge in [-0.25, -0.2) is 14.2 Å². The van der Waals surface area contributed by atoms with E-state index in [1.165, 1.54) is 6.07 Å². The molecule has 0 spiro atoms. The van der Waals surface area contributed by atoms with Crippen LogP contribution in [0.4, 0.5) is 4.39 Å². The number of aromatic nitrogens is 2. The Hall–Kier alpha value is -1.95. The predicted molar refractivity (Wildman–Crippen MR) is 67.8 cm³/mol. The van der Waals surface area contributed by atoms with Gasteiger partial charge in [-0.2, -0.15) is 0 Å². The third kappa shape index (κ3) is 2.73. The number of aromatic amines is 1. The monoisotopic (exact) mass is 266 g/mol. The number of methoxy groups -OCH3 is 1. The summed E-state index contributed by atoms with van der Waals surface area (Å²) in [7, 11) is 1.59. The van der Waals surface area contributed by atoms with Crippen molar-refractivity contribution in [3.8, 4) is 0 Å². The van der Waals surface area contributed by atoms with Gasteiger partial charge in [0.05, 0.1) is 16.7 Å². The lowest BCUT2D eigenvalue weighted by molar-refractivity contribution is 0.0218. The van der Waals surface area contributed by atoms with Crippen molar-refractivity contribution < 1.29 is 19.0 Å². The molecule has 0 amide bonds. The average Bonchev–Trinajstić information content (AvgIpc) is 2.68. The molecule has 1 aromatic heterocycles. The van der Waals surface area contributed by atoms with Gasteiger partial charge in [-0.3, -0.25) is 0 Å². The van der Waals surface area contributed by atoms with Crippen molar-refractivity contribution in [1.29, 1.82) is 0 Å². The van der Waals surface area contributed by atoms with Crippen LogP contribution in [0, 0.1) is 5.82 Å². The standard InChI is InChI=1S/C13H15FN2O3/c1-13(2,19-3)6-10-15-9-5-7(14)4-8(12(17)18)11(9)16-10/h4-5H,6H2,1-3H3,(H,15,16)(H,17,18). The van der Waals surface area contributed by atoms with E-state index in [4.69, 9.17) is 9.84 Å². The quantitative estimate of drug-likeness (QED) is 0.890. The second-order valence-electron chi connectivity index (χ2n) is 4.98. The van der Waals surface area contributed by atoms with Crippen LogP contribution in [-0.4, -0.2) is 33.8 Å². The van der Waals surface area contributed by atoms with Crippen LogP contribution >= 0.6 is 0 Å². The molecule has 0 saturated carbocycles. The zero-order valence-corrected chi connectivity index (χ0v) is 11.0. The lowest BCUT2D eigenvalue weighted by Crippen LogP contribution is -2.26. The first-order chi connectivity index (χ1) is 8.82. The Bertz CT molecular complexity index is 634. The van der Waals surface area contributed by atoms with Crippen molar-refractivity contribution in [1.82, 2.24) is 9.97 Å². The summed E-state index contributed by atoms with van der Waals surface area (Å²) in [6, 6.07) is 2.20. The van der Waals surface area contributed by atoms with Gasteiger partial charge in [-0.15, -0.1) is 0 Å². The predicted octanol–water partition coefficient (Wildman–Crippen LogP) is 2.37. The molecule has 0 atom stereocenters. The molecule has 19 heavy (non-hydrogen) atoms. The maximum atomic E-state index is 13.3. The molecule has 0 radical (unpaired) electrons. The lowest BCUT2D eigenvalue weighted by Gasteiger charge is -2.21. The third-order valence-corrected chi connectivity index (χ3v) is 2.98. The summed E-state index contributed by atoms with van der Waals surface area (Å²) in [5.41, 5.74) is 0.0540. The minimum atomic E-state index is -1.20. The van der Waals surface area contributed by atoms with Crippen LogP contribution in [-0.2, 0) is 11.2 Å². The van der Waals surface area contributed by atoms with Crippen molar-refractivity contribution in [3.05, 3.63) is 29.3 Å². The Morgan fingerprint density at radius 2 is 2.21 bits per heavy atom. The second kappa shape index (κ2) is 4.62. The van der Waals surface area contributed by atoms with Gasteiger partial charge in [0.25, 0.3) is 0 Å². The zero-order chi connectivity index (χ0) is 14.2. The maximum Gasteiger partial charge on any atom is 0.338 e. The molecule has 2 aromatic rings. The number of halogens is 1. The van der Waals surface area contributed by atoms with Crippen LogP contribution < -0.4 is 0 Å². The third-order valence-electron chi connectivity index (χ3n) is 2.98. The molecule has 2 rings (SSSR count). The van der Waals surface area contributed by atoms with Crippen molar-refractivity contribution in [2.45, 2.75) is 25.9 Å². The molecule has 0 aliphatic rings. The number of hydrogen-bond donors (Lipinski definition) is 2. The van der Waals surface area contributed by atoms with E-state index in [2.05, 4.69) is 9.97 Å². The molecule has 0 unspecified atom stereocenters. The van der Waals surface area contributed by atoms with Crippen LogP contribution in [0.5, 0.6) is 0 Å². The highest BCUT2D eigenvalue weighted by atomic mass is 19.1. The van der Waals surface area contributed by atoms with Gasteiger partial charge < -0.3 is 14.8 Å². The van der Waals surface area contributed by atoms with Crippen molar-refractivity contribution in [2.75, 3.05) is 7.11 Å². The summed E-state index contributed by atoms with van der Waals surface area (Å²) in [4.78, 5) is 18.2. The highest BCUT2D eigenvalue weighted by Gasteiger charge is 2.21. The van der Waals surface area contributed by atoms with Crippen LogP contribution in [0.3, 0.4) is 0 Å². The van der Waals surface area contributed by atoms with E-state index in [0.717, 1.165) is 6.07 Å². The molecule has 102 valence electrons. The number of carbonyl (C=O) groups is 1. The van der Waals surface area contributed by atoms with Gasteiger partial charge in [-0.05, 0) is 26.0 Å². The number of carboxylic acids is 1. The molecule has 0 saturated heterocycles. The van der Waals surface area contributed by atoms with Crippen molar-refractivity contribution >= 4 is 17.0 Å². The maximum absolute atomic E-state index is 13.3. The summed E-state index contributed by atoms with van der Waals surface area (Å²) in [6.45, 7) is 3.78. The van der Waals surface area contributed by atoms with Gasteiger partial charge in [0.15, 0.2) is 0 Å². The number of carboxylic acid groups (broad SMARTS) is 1. The summed E-state index contributed by atoms with van der Waals surface area (Å²) >= 11 is 0. The first kappa shape index (κ1) is 13.5. The van der Waals surface area contributed by atoms with E-state index in [9.17, 15) is 9.18 Å². The first-order valence-electron chi connectivity index (χ1n) is 5.79. The number of nitrogens with one attached hydrogen (secondary N) is 1. The fraction of sp³-hybridized carbons (Fsp3) is 0.385. The van der Waals surface area contributed by atoms with Gasteiger partial charge in [0.2, 0.25) is 0 Å². The van der Waals surface area contributed by atoms with Gasteiger partial charge >= 0.3 is 5.97 Å². The topological polar surface area (TPSA) is 75.2 Å². The van der Waals surface area contributed by atoms with Crippen LogP contribution in [0.15, 0.2) is 12.1 Å². The highest BCUT2D eigenvalue weighted by Crippen LogP contribution is 2.21. The number of imidazole rings is 1. The number of nitrogens with zero attached hydrogens (tertiary/aromatic N) is 1. The van der Waals surface area contributed by atoms with E-state index in [-0.39, 0.29) is 11.1 Å². The Morgan fingerprint density at radius 3 is 2.79 bits per heavy atom. The van der Waals surface area contributed by atoms with E-state index in [0.29, 0.717) is 17.8 Å². The van der Waals surface area contributed by atoms with Gasteiger partial charge in [0.1, 0.15) is 17.2 Å². The molecule has 5 nitrogen and oxygen atoms in total.